The molecule has 0 atom stereocenters. The van der Waals surface area contributed by atoms with Crippen molar-refractivity contribution < 1.29 is 4.79 Å². The highest BCUT2D eigenvalue weighted by atomic mass is 16.1. The second-order valence-electron chi connectivity index (χ2n) is 4.12. The third-order valence-corrected chi connectivity index (χ3v) is 2.88. The predicted octanol–water partition coefficient (Wildman–Crippen LogP) is 1.02. The molecule has 0 spiro atoms. The van der Waals surface area contributed by atoms with Gasteiger partial charge in [0, 0.05) is 30.1 Å². The Hall–Kier alpha value is -1.81. The molecule has 2 rings (SSSR count). The number of aryl methyl sites for hydroxylation is 1. The first-order valence-corrected chi connectivity index (χ1v) is 5.77. The number of carbonyl (C=O) groups excluding carboxylic acids is 1. The predicted molar refractivity (Wildman–Crippen MR) is 68.5 cm³/mol. The van der Waals surface area contributed by atoms with Gasteiger partial charge in [-0.1, -0.05) is 18.2 Å². The number of rotatable bonds is 5. The monoisotopic (exact) mass is 231 g/mol. The minimum Gasteiger partial charge on any atom is -0.370 e. The molecule has 4 nitrogen and oxygen atoms in total. The van der Waals surface area contributed by atoms with Gasteiger partial charge < -0.3 is 16.0 Å². The van der Waals surface area contributed by atoms with Crippen LogP contribution >= 0.6 is 0 Å². The van der Waals surface area contributed by atoms with E-state index in [1.807, 2.05) is 12.1 Å². The van der Waals surface area contributed by atoms with Crippen LogP contribution in [-0.4, -0.2) is 17.0 Å². The normalized spacial score (nSPS) is 10.9. The molecular formula is C13H17N3O. The SMILES string of the molecule is NCCc1cn(CCC(N)=O)c2ccccc12. The number of carbonyl (C=O) groups is 1. The molecule has 2 aromatic rings. The highest BCUT2D eigenvalue weighted by Gasteiger charge is 2.07. The number of nitrogens with zero attached hydrogens (tertiary/aromatic N) is 1. The second kappa shape index (κ2) is 5.01. The zero-order chi connectivity index (χ0) is 12.3. The van der Waals surface area contributed by atoms with Gasteiger partial charge in [0.05, 0.1) is 0 Å². The summed E-state index contributed by atoms with van der Waals surface area (Å²) in [5.41, 5.74) is 13.1. The summed E-state index contributed by atoms with van der Waals surface area (Å²) in [5.74, 6) is -0.275. The number of nitrogens with two attached hydrogens (primary N) is 2. The van der Waals surface area contributed by atoms with Crippen LogP contribution in [0.5, 0.6) is 0 Å². The molecule has 0 bridgehead atoms. The molecule has 0 unspecified atom stereocenters. The molecule has 4 heteroatoms. The average Bonchev–Trinajstić information content (AvgIpc) is 2.66. The van der Waals surface area contributed by atoms with Gasteiger partial charge in [-0.05, 0) is 24.6 Å². The number of hydrogen-bond donors (Lipinski definition) is 2. The van der Waals surface area contributed by atoms with Crippen LogP contribution in [0, 0.1) is 0 Å². The quantitative estimate of drug-likeness (QED) is 0.806. The lowest BCUT2D eigenvalue weighted by Crippen LogP contribution is -2.13. The molecule has 0 saturated heterocycles. The number of para-hydroxylation sites is 1. The molecule has 0 aliphatic heterocycles. The zero-order valence-electron chi connectivity index (χ0n) is 9.73. The van der Waals surface area contributed by atoms with Crippen molar-refractivity contribution >= 4 is 16.8 Å². The average molecular weight is 231 g/mol. The van der Waals surface area contributed by atoms with E-state index < -0.39 is 0 Å². The van der Waals surface area contributed by atoms with Crippen molar-refractivity contribution in [1.82, 2.24) is 4.57 Å². The molecule has 1 aromatic heterocycles. The van der Waals surface area contributed by atoms with E-state index in [1.54, 1.807) is 0 Å². The van der Waals surface area contributed by atoms with Gasteiger partial charge in [0.25, 0.3) is 0 Å². The van der Waals surface area contributed by atoms with Crippen LogP contribution in [0.1, 0.15) is 12.0 Å². The molecule has 1 amide bonds. The number of aromatic nitrogens is 1. The van der Waals surface area contributed by atoms with Crippen LogP contribution in [-0.2, 0) is 17.8 Å². The number of hydrogen-bond acceptors (Lipinski definition) is 2. The molecule has 17 heavy (non-hydrogen) atoms. The maximum atomic E-state index is 10.8. The summed E-state index contributed by atoms with van der Waals surface area (Å²) < 4.78 is 2.07. The maximum Gasteiger partial charge on any atom is 0.219 e. The summed E-state index contributed by atoms with van der Waals surface area (Å²) in [4.78, 5) is 10.8. The van der Waals surface area contributed by atoms with E-state index in [2.05, 4.69) is 22.9 Å². The molecule has 0 aliphatic rings. The van der Waals surface area contributed by atoms with Crippen molar-refractivity contribution in [3.05, 3.63) is 36.0 Å². The number of benzene rings is 1. The maximum absolute atomic E-state index is 10.8. The van der Waals surface area contributed by atoms with Gasteiger partial charge in [0.2, 0.25) is 5.91 Å². The molecule has 0 radical (unpaired) electrons. The summed E-state index contributed by atoms with van der Waals surface area (Å²) in [7, 11) is 0. The van der Waals surface area contributed by atoms with Crippen LogP contribution < -0.4 is 11.5 Å². The van der Waals surface area contributed by atoms with Gasteiger partial charge in [-0.15, -0.1) is 0 Å². The van der Waals surface area contributed by atoms with Gasteiger partial charge >= 0.3 is 0 Å². The van der Waals surface area contributed by atoms with Crippen LogP contribution in [0.25, 0.3) is 10.9 Å². The summed E-state index contributed by atoms with van der Waals surface area (Å²) in [5, 5.41) is 1.21. The van der Waals surface area contributed by atoms with Crippen LogP contribution in [0.15, 0.2) is 30.5 Å². The van der Waals surface area contributed by atoms with E-state index in [9.17, 15) is 4.79 Å². The lowest BCUT2D eigenvalue weighted by molar-refractivity contribution is -0.118. The molecule has 1 heterocycles. The van der Waals surface area contributed by atoms with E-state index in [0.717, 1.165) is 11.9 Å². The van der Waals surface area contributed by atoms with Crippen molar-refractivity contribution in [1.29, 1.82) is 0 Å². The Kier molecular flexibility index (Phi) is 3.44. The van der Waals surface area contributed by atoms with Crippen molar-refractivity contribution in [2.24, 2.45) is 11.5 Å². The van der Waals surface area contributed by atoms with Gasteiger partial charge in [-0.25, -0.2) is 0 Å². The van der Waals surface area contributed by atoms with E-state index in [-0.39, 0.29) is 5.91 Å². The Morgan fingerprint density at radius 2 is 2.06 bits per heavy atom. The van der Waals surface area contributed by atoms with Crippen LogP contribution in [0.3, 0.4) is 0 Å². The Morgan fingerprint density at radius 3 is 2.76 bits per heavy atom. The van der Waals surface area contributed by atoms with Crippen LogP contribution in [0.2, 0.25) is 0 Å². The fraction of sp³-hybridized carbons (Fsp3) is 0.308. The van der Waals surface area contributed by atoms with E-state index >= 15 is 0 Å². The largest absolute Gasteiger partial charge is 0.370 e. The van der Waals surface area contributed by atoms with E-state index in [0.29, 0.717) is 19.5 Å². The minimum atomic E-state index is -0.275. The molecular weight excluding hydrogens is 214 g/mol. The lowest BCUT2D eigenvalue weighted by Gasteiger charge is -2.02. The van der Waals surface area contributed by atoms with Gasteiger partial charge in [0.15, 0.2) is 0 Å². The summed E-state index contributed by atoms with van der Waals surface area (Å²) in [6.45, 7) is 1.25. The topological polar surface area (TPSA) is 74.0 Å². The van der Waals surface area contributed by atoms with E-state index in [1.165, 1.54) is 10.9 Å². The smallest absolute Gasteiger partial charge is 0.219 e. The molecule has 0 fully saturated rings. The molecule has 0 saturated carbocycles. The zero-order valence-corrected chi connectivity index (χ0v) is 9.73. The highest BCUT2D eigenvalue weighted by Crippen LogP contribution is 2.21. The number of fused-ring (bicyclic) bond motifs is 1. The Balaban J connectivity index is 2.37. The van der Waals surface area contributed by atoms with E-state index in [4.69, 9.17) is 11.5 Å². The molecule has 1 aromatic carbocycles. The third kappa shape index (κ3) is 2.47. The summed E-state index contributed by atoms with van der Waals surface area (Å²) >= 11 is 0. The summed E-state index contributed by atoms with van der Waals surface area (Å²) in [6, 6.07) is 8.15. The van der Waals surface area contributed by atoms with Gasteiger partial charge in [-0.3, -0.25) is 4.79 Å². The molecule has 0 aliphatic carbocycles. The fourth-order valence-corrected chi connectivity index (χ4v) is 2.09. The second-order valence-corrected chi connectivity index (χ2v) is 4.12. The lowest BCUT2D eigenvalue weighted by atomic mass is 10.1. The standard InChI is InChI=1S/C13H17N3O/c14-7-5-10-9-16(8-6-13(15)17)12-4-2-1-3-11(10)12/h1-4,9H,5-8,14H2,(H2,15,17). The van der Waals surface area contributed by atoms with Gasteiger partial charge in [-0.2, -0.15) is 0 Å². The first-order chi connectivity index (χ1) is 8.22. The number of amides is 1. The number of primary amides is 1. The van der Waals surface area contributed by atoms with Crippen molar-refractivity contribution in [3.63, 3.8) is 0 Å². The summed E-state index contributed by atoms with van der Waals surface area (Å²) in [6.07, 6.45) is 3.28. The van der Waals surface area contributed by atoms with Gasteiger partial charge in [0.1, 0.15) is 0 Å². The molecule has 4 N–H and O–H groups in total. The van der Waals surface area contributed by atoms with Crippen molar-refractivity contribution in [3.8, 4) is 0 Å². The Morgan fingerprint density at radius 1 is 1.29 bits per heavy atom. The van der Waals surface area contributed by atoms with Crippen molar-refractivity contribution in [2.75, 3.05) is 6.54 Å². The molecule has 90 valence electrons. The Labute approximate surface area is 100 Å². The van der Waals surface area contributed by atoms with Crippen LogP contribution in [0.4, 0.5) is 0 Å². The van der Waals surface area contributed by atoms with Crippen molar-refractivity contribution in [2.45, 2.75) is 19.4 Å². The third-order valence-electron chi connectivity index (χ3n) is 2.88. The fourth-order valence-electron chi connectivity index (χ4n) is 2.09. The minimum absolute atomic E-state index is 0.275. The Bertz CT molecular complexity index is 530. The highest BCUT2D eigenvalue weighted by molar-refractivity contribution is 5.84. The first-order valence-electron chi connectivity index (χ1n) is 5.77. The first kappa shape index (κ1) is 11.7.